The molecule has 0 spiro atoms. The third-order valence-corrected chi connectivity index (χ3v) is 5.75. The van der Waals surface area contributed by atoms with Crippen LogP contribution in [-0.4, -0.2) is 63.2 Å². The summed E-state index contributed by atoms with van der Waals surface area (Å²) in [4.78, 5) is 35.3. The first kappa shape index (κ1) is 22.6. The number of carbonyl (C=O) groups is 2. The van der Waals surface area contributed by atoms with Crippen molar-refractivity contribution in [3.63, 3.8) is 0 Å². The number of ether oxygens (including phenoxy) is 1. The van der Waals surface area contributed by atoms with Crippen molar-refractivity contribution >= 4 is 11.8 Å². The molecule has 1 aliphatic rings. The van der Waals surface area contributed by atoms with E-state index in [4.69, 9.17) is 4.74 Å². The highest BCUT2D eigenvalue weighted by Crippen LogP contribution is 2.27. The van der Waals surface area contributed by atoms with Gasteiger partial charge in [0.05, 0.1) is 18.8 Å². The molecule has 0 aliphatic carbocycles. The average Bonchev–Trinajstić information content (AvgIpc) is 3.26. The Balaban J connectivity index is 1.47. The van der Waals surface area contributed by atoms with Gasteiger partial charge in [0.15, 0.2) is 0 Å². The number of hydrogen-bond donors (Lipinski definition) is 1. The zero-order valence-corrected chi connectivity index (χ0v) is 19.1. The fourth-order valence-corrected chi connectivity index (χ4v) is 3.90. The molecule has 1 atom stereocenters. The lowest BCUT2D eigenvalue weighted by Crippen LogP contribution is -2.42. The zero-order chi connectivity index (χ0) is 23.4. The van der Waals surface area contributed by atoms with Gasteiger partial charge in [-0.3, -0.25) is 24.2 Å². The maximum absolute atomic E-state index is 12.8. The summed E-state index contributed by atoms with van der Waals surface area (Å²) in [6.07, 6.45) is 3.52. The Morgan fingerprint density at radius 1 is 1.18 bits per heavy atom. The van der Waals surface area contributed by atoms with Crippen LogP contribution in [0.15, 0.2) is 42.7 Å². The summed E-state index contributed by atoms with van der Waals surface area (Å²) in [5.41, 5.74) is 4.85. The number of carbonyl (C=O) groups excluding carboxylic acids is 2. The highest BCUT2D eigenvalue weighted by atomic mass is 16.5. The SMILES string of the molecule is CNC(=O)c1ccc(-c2cc(C)nc([C@H]3CN(C(=O)CCn4nccc4C)CCO3)c2)cn1. The molecule has 1 fully saturated rings. The van der Waals surface area contributed by atoms with Crippen molar-refractivity contribution in [2.45, 2.75) is 32.9 Å². The molecule has 4 heterocycles. The number of rotatable bonds is 6. The van der Waals surface area contributed by atoms with Crippen LogP contribution in [0.5, 0.6) is 0 Å². The van der Waals surface area contributed by atoms with E-state index in [-0.39, 0.29) is 17.9 Å². The number of aryl methyl sites for hydroxylation is 3. The van der Waals surface area contributed by atoms with Crippen LogP contribution in [-0.2, 0) is 16.1 Å². The highest BCUT2D eigenvalue weighted by Gasteiger charge is 2.27. The van der Waals surface area contributed by atoms with Crippen molar-refractivity contribution in [1.82, 2.24) is 30.0 Å². The monoisotopic (exact) mass is 448 g/mol. The minimum atomic E-state index is -0.300. The largest absolute Gasteiger partial charge is 0.368 e. The van der Waals surface area contributed by atoms with Gasteiger partial charge in [-0.15, -0.1) is 0 Å². The summed E-state index contributed by atoms with van der Waals surface area (Å²) >= 11 is 0. The van der Waals surface area contributed by atoms with Gasteiger partial charge in [0.1, 0.15) is 11.8 Å². The molecule has 1 N–H and O–H groups in total. The number of amides is 2. The normalized spacial score (nSPS) is 16.0. The Labute approximate surface area is 192 Å². The zero-order valence-electron chi connectivity index (χ0n) is 19.1. The van der Waals surface area contributed by atoms with Crippen LogP contribution in [0.25, 0.3) is 11.1 Å². The van der Waals surface area contributed by atoms with E-state index in [0.717, 1.165) is 28.2 Å². The second-order valence-corrected chi connectivity index (χ2v) is 8.08. The lowest BCUT2D eigenvalue weighted by molar-refractivity contribution is -0.139. The molecule has 0 aromatic carbocycles. The fraction of sp³-hybridized carbons (Fsp3) is 0.375. The molecule has 1 aliphatic heterocycles. The van der Waals surface area contributed by atoms with Gasteiger partial charge in [0, 0.05) is 55.9 Å². The van der Waals surface area contributed by atoms with Crippen LogP contribution in [0.4, 0.5) is 0 Å². The topological polar surface area (TPSA) is 102 Å². The first-order valence-corrected chi connectivity index (χ1v) is 11.0. The summed E-state index contributed by atoms with van der Waals surface area (Å²) in [5.74, 6) is -0.142. The van der Waals surface area contributed by atoms with Gasteiger partial charge in [-0.05, 0) is 43.7 Å². The van der Waals surface area contributed by atoms with Crippen LogP contribution in [0, 0.1) is 13.8 Å². The van der Waals surface area contributed by atoms with E-state index in [1.54, 1.807) is 25.5 Å². The summed E-state index contributed by atoms with van der Waals surface area (Å²) in [6.45, 7) is 5.95. The number of nitrogens with one attached hydrogen (secondary N) is 1. The third kappa shape index (κ3) is 5.25. The Hall–Kier alpha value is -3.59. The molecule has 0 unspecified atom stereocenters. The van der Waals surface area contributed by atoms with E-state index >= 15 is 0 Å². The van der Waals surface area contributed by atoms with E-state index in [0.29, 0.717) is 38.4 Å². The Bertz CT molecular complexity index is 1140. The molecule has 0 saturated carbocycles. The smallest absolute Gasteiger partial charge is 0.269 e. The molecule has 172 valence electrons. The second-order valence-electron chi connectivity index (χ2n) is 8.08. The Morgan fingerprint density at radius 3 is 2.73 bits per heavy atom. The second kappa shape index (κ2) is 9.91. The van der Waals surface area contributed by atoms with Crippen LogP contribution in [0.3, 0.4) is 0 Å². The third-order valence-electron chi connectivity index (χ3n) is 5.75. The summed E-state index contributed by atoms with van der Waals surface area (Å²) in [7, 11) is 1.58. The predicted octanol–water partition coefficient (Wildman–Crippen LogP) is 2.31. The molecule has 9 nitrogen and oxygen atoms in total. The first-order chi connectivity index (χ1) is 15.9. The van der Waals surface area contributed by atoms with Gasteiger partial charge in [0.25, 0.3) is 5.91 Å². The number of nitrogens with zero attached hydrogens (tertiary/aromatic N) is 5. The minimum absolute atomic E-state index is 0.0834. The van der Waals surface area contributed by atoms with Crippen molar-refractivity contribution in [2.75, 3.05) is 26.7 Å². The number of morpholine rings is 1. The van der Waals surface area contributed by atoms with Crippen molar-refractivity contribution in [2.24, 2.45) is 0 Å². The Kier molecular flexibility index (Phi) is 6.79. The van der Waals surface area contributed by atoms with Crippen LogP contribution >= 0.6 is 0 Å². The van der Waals surface area contributed by atoms with Crippen molar-refractivity contribution in [1.29, 1.82) is 0 Å². The maximum atomic E-state index is 12.8. The number of hydrogen-bond acceptors (Lipinski definition) is 6. The van der Waals surface area contributed by atoms with E-state index < -0.39 is 0 Å². The van der Waals surface area contributed by atoms with Gasteiger partial charge in [0.2, 0.25) is 5.91 Å². The fourth-order valence-electron chi connectivity index (χ4n) is 3.90. The molecular formula is C24H28N6O3. The van der Waals surface area contributed by atoms with E-state index in [1.165, 1.54) is 0 Å². The van der Waals surface area contributed by atoms with Gasteiger partial charge < -0.3 is 15.0 Å². The first-order valence-electron chi connectivity index (χ1n) is 11.0. The van der Waals surface area contributed by atoms with Crippen LogP contribution < -0.4 is 5.32 Å². The van der Waals surface area contributed by atoms with Gasteiger partial charge in [-0.25, -0.2) is 0 Å². The molecule has 4 rings (SSSR count). The standard InChI is InChI=1S/C24H28N6O3/c1-16-12-19(18-4-5-20(26-14-18)24(32)25-3)13-21(28-16)22-15-29(10-11-33-22)23(31)7-9-30-17(2)6-8-27-30/h4-6,8,12-14,22H,7,9-11,15H2,1-3H3,(H,25,32)/t22-/m1/s1. The van der Waals surface area contributed by atoms with Crippen molar-refractivity contribution < 1.29 is 14.3 Å². The molecule has 2 amide bonds. The quantitative estimate of drug-likeness (QED) is 0.621. The van der Waals surface area contributed by atoms with Crippen molar-refractivity contribution in [3.8, 4) is 11.1 Å². The predicted molar refractivity (Wildman–Crippen MR) is 122 cm³/mol. The molecule has 0 bridgehead atoms. The van der Waals surface area contributed by atoms with Crippen LogP contribution in [0.2, 0.25) is 0 Å². The van der Waals surface area contributed by atoms with Gasteiger partial charge in [-0.1, -0.05) is 6.07 Å². The van der Waals surface area contributed by atoms with Crippen LogP contribution in [0.1, 0.15) is 40.1 Å². The molecule has 3 aromatic heterocycles. The summed E-state index contributed by atoms with van der Waals surface area (Å²) < 4.78 is 7.82. The molecule has 9 heteroatoms. The summed E-state index contributed by atoms with van der Waals surface area (Å²) in [6, 6.07) is 9.43. The average molecular weight is 449 g/mol. The van der Waals surface area contributed by atoms with E-state index in [9.17, 15) is 9.59 Å². The summed E-state index contributed by atoms with van der Waals surface area (Å²) in [5, 5.41) is 6.82. The highest BCUT2D eigenvalue weighted by molar-refractivity contribution is 5.92. The molecule has 33 heavy (non-hydrogen) atoms. The van der Waals surface area contributed by atoms with E-state index in [2.05, 4.69) is 20.4 Å². The van der Waals surface area contributed by atoms with Crippen molar-refractivity contribution in [3.05, 3.63) is 65.5 Å². The number of aromatic nitrogens is 4. The molecule has 0 radical (unpaired) electrons. The molecular weight excluding hydrogens is 420 g/mol. The van der Waals surface area contributed by atoms with Gasteiger partial charge in [-0.2, -0.15) is 5.10 Å². The lowest BCUT2D eigenvalue weighted by atomic mass is 10.0. The molecule has 1 saturated heterocycles. The number of pyridine rings is 2. The lowest BCUT2D eigenvalue weighted by Gasteiger charge is -2.33. The Morgan fingerprint density at radius 2 is 2.03 bits per heavy atom. The van der Waals surface area contributed by atoms with Gasteiger partial charge >= 0.3 is 0 Å². The maximum Gasteiger partial charge on any atom is 0.269 e. The van der Waals surface area contributed by atoms with E-state index in [1.807, 2.05) is 47.7 Å². The minimum Gasteiger partial charge on any atom is -0.368 e. The molecule has 3 aromatic rings.